The number of amides is 2. The second kappa shape index (κ2) is 10.9. The zero-order chi connectivity index (χ0) is 23.4. The fraction of sp³-hybridized carbons (Fsp3) is 0.360. The van der Waals surface area contributed by atoms with Gasteiger partial charge in [0.05, 0.1) is 12.0 Å². The number of thioether (sulfide) groups is 1. The zero-order valence-electron chi connectivity index (χ0n) is 18.3. The van der Waals surface area contributed by atoms with Crippen LogP contribution >= 0.6 is 35.0 Å². The third-order valence-corrected chi connectivity index (χ3v) is 7.42. The molecular weight excluding hydrogens is 481 g/mol. The molecule has 0 atom stereocenters. The summed E-state index contributed by atoms with van der Waals surface area (Å²) in [5.41, 5.74) is 1.56. The zero-order valence-corrected chi connectivity index (χ0v) is 20.6. The first-order valence-electron chi connectivity index (χ1n) is 10.9. The number of methoxy groups -OCH3 is 1. The quantitative estimate of drug-likeness (QED) is 0.372. The molecule has 0 aromatic heterocycles. The normalized spacial score (nSPS) is 18.3. The number of rotatable bonds is 7. The highest BCUT2D eigenvalue weighted by molar-refractivity contribution is 8.18. The van der Waals surface area contributed by atoms with Gasteiger partial charge < -0.3 is 9.47 Å². The first kappa shape index (κ1) is 24.0. The van der Waals surface area contributed by atoms with Gasteiger partial charge in [0.25, 0.3) is 11.1 Å². The summed E-state index contributed by atoms with van der Waals surface area (Å²) in [4.78, 5) is 27.2. The molecule has 1 aliphatic heterocycles. The van der Waals surface area contributed by atoms with E-state index < -0.39 is 0 Å². The van der Waals surface area contributed by atoms with Crippen molar-refractivity contribution < 1.29 is 19.1 Å². The van der Waals surface area contributed by atoms with Gasteiger partial charge >= 0.3 is 0 Å². The molecule has 1 heterocycles. The molecule has 174 valence electrons. The van der Waals surface area contributed by atoms with Gasteiger partial charge in [-0.2, -0.15) is 0 Å². The van der Waals surface area contributed by atoms with Gasteiger partial charge in [-0.1, -0.05) is 54.6 Å². The van der Waals surface area contributed by atoms with Crippen LogP contribution < -0.4 is 9.47 Å². The minimum atomic E-state index is -0.216. The number of nitrogens with zero attached hydrogens (tertiary/aromatic N) is 1. The summed E-state index contributed by atoms with van der Waals surface area (Å²) in [6.07, 6.45) is 7.49. The van der Waals surface area contributed by atoms with Gasteiger partial charge in [-0.25, -0.2) is 0 Å². The van der Waals surface area contributed by atoms with Gasteiger partial charge in [0.15, 0.2) is 11.5 Å². The lowest BCUT2D eigenvalue weighted by Gasteiger charge is -2.25. The Morgan fingerprint density at radius 3 is 2.58 bits per heavy atom. The number of hydrogen-bond donors (Lipinski definition) is 0. The fourth-order valence-electron chi connectivity index (χ4n) is 4.12. The largest absolute Gasteiger partial charge is 0.493 e. The van der Waals surface area contributed by atoms with E-state index >= 15 is 0 Å². The minimum absolute atomic E-state index is 0.191. The van der Waals surface area contributed by atoms with Crippen LogP contribution in [0.5, 0.6) is 11.5 Å². The predicted molar refractivity (Wildman–Crippen MR) is 133 cm³/mol. The van der Waals surface area contributed by atoms with Crippen molar-refractivity contribution >= 4 is 52.2 Å². The van der Waals surface area contributed by atoms with Crippen molar-refractivity contribution in [3.63, 3.8) is 0 Å². The molecule has 2 aliphatic rings. The molecule has 2 fully saturated rings. The summed E-state index contributed by atoms with van der Waals surface area (Å²) in [6.45, 7) is 0.775. The molecule has 2 amide bonds. The predicted octanol–water partition coefficient (Wildman–Crippen LogP) is 7.20. The summed E-state index contributed by atoms with van der Waals surface area (Å²) < 4.78 is 11.4. The number of halogens is 2. The summed E-state index contributed by atoms with van der Waals surface area (Å²) in [7, 11) is 1.55. The molecule has 1 aliphatic carbocycles. The van der Waals surface area contributed by atoms with Crippen molar-refractivity contribution in [1.29, 1.82) is 0 Å². The summed E-state index contributed by atoms with van der Waals surface area (Å²) in [5.74, 6) is 1.27. The van der Waals surface area contributed by atoms with E-state index in [1.807, 2.05) is 12.1 Å². The molecule has 0 radical (unpaired) electrons. The molecule has 33 heavy (non-hydrogen) atoms. The van der Waals surface area contributed by atoms with Crippen LogP contribution in [0.4, 0.5) is 4.79 Å². The molecule has 0 N–H and O–H groups in total. The van der Waals surface area contributed by atoms with E-state index in [0.717, 1.165) is 35.7 Å². The van der Waals surface area contributed by atoms with E-state index in [1.165, 1.54) is 24.2 Å². The Morgan fingerprint density at radius 2 is 1.85 bits per heavy atom. The van der Waals surface area contributed by atoms with Gasteiger partial charge in [0.2, 0.25) is 0 Å². The number of ether oxygens (including phenoxy) is 2. The van der Waals surface area contributed by atoms with Crippen LogP contribution in [0, 0.1) is 5.92 Å². The molecule has 0 spiro atoms. The highest BCUT2D eigenvalue weighted by Crippen LogP contribution is 2.36. The van der Waals surface area contributed by atoms with Gasteiger partial charge in [-0.3, -0.25) is 14.5 Å². The van der Waals surface area contributed by atoms with Crippen LogP contribution in [0.3, 0.4) is 0 Å². The topological polar surface area (TPSA) is 55.8 Å². The van der Waals surface area contributed by atoms with Gasteiger partial charge in [-0.05, 0) is 66.4 Å². The van der Waals surface area contributed by atoms with Crippen molar-refractivity contribution in [2.75, 3.05) is 13.7 Å². The highest BCUT2D eigenvalue weighted by atomic mass is 35.5. The first-order valence-corrected chi connectivity index (χ1v) is 12.5. The Balaban J connectivity index is 1.45. The number of carbonyl (C=O) groups excluding carboxylic acids is 2. The Kier molecular flexibility index (Phi) is 7.89. The van der Waals surface area contributed by atoms with Crippen molar-refractivity contribution in [3.8, 4) is 11.5 Å². The molecule has 1 saturated carbocycles. The lowest BCUT2D eigenvalue weighted by molar-refractivity contribution is -0.123. The number of imide groups is 1. The molecule has 0 bridgehead atoms. The Bertz CT molecular complexity index is 1080. The molecule has 5 nitrogen and oxygen atoms in total. The number of carbonyl (C=O) groups is 2. The monoisotopic (exact) mass is 505 g/mol. The lowest BCUT2D eigenvalue weighted by Crippen LogP contribution is -2.34. The molecule has 1 saturated heterocycles. The van der Waals surface area contributed by atoms with Crippen LogP contribution in [-0.2, 0) is 11.4 Å². The van der Waals surface area contributed by atoms with E-state index in [0.29, 0.717) is 38.9 Å². The van der Waals surface area contributed by atoms with E-state index in [4.69, 9.17) is 32.7 Å². The third kappa shape index (κ3) is 5.86. The van der Waals surface area contributed by atoms with Crippen LogP contribution in [0.1, 0.15) is 43.2 Å². The maximum atomic E-state index is 12.9. The second-order valence-corrected chi connectivity index (χ2v) is 10.1. The van der Waals surface area contributed by atoms with Crippen molar-refractivity contribution in [1.82, 2.24) is 4.90 Å². The third-order valence-electron chi connectivity index (χ3n) is 5.92. The molecule has 4 rings (SSSR count). The Labute approximate surface area is 208 Å². The van der Waals surface area contributed by atoms with E-state index in [9.17, 15) is 9.59 Å². The molecule has 2 aromatic rings. The Hall–Kier alpha value is -2.15. The molecule has 8 heteroatoms. The number of hydrogen-bond acceptors (Lipinski definition) is 5. The maximum absolute atomic E-state index is 12.9. The van der Waals surface area contributed by atoms with E-state index in [2.05, 4.69) is 0 Å². The van der Waals surface area contributed by atoms with Crippen LogP contribution in [0.2, 0.25) is 10.0 Å². The molecule has 0 unspecified atom stereocenters. The van der Waals surface area contributed by atoms with Crippen LogP contribution in [0.25, 0.3) is 6.08 Å². The average molecular weight is 506 g/mol. The maximum Gasteiger partial charge on any atom is 0.293 e. The highest BCUT2D eigenvalue weighted by Gasteiger charge is 2.36. The lowest BCUT2D eigenvalue weighted by atomic mass is 9.89. The van der Waals surface area contributed by atoms with Gasteiger partial charge in [-0.15, -0.1) is 0 Å². The smallest absolute Gasteiger partial charge is 0.293 e. The first-order chi connectivity index (χ1) is 15.9. The fourth-order valence-corrected chi connectivity index (χ4v) is 5.44. The summed E-state index contributed by atoms with van der Waals surface area (Å²) >= 11 is 13.2. The molecular formula is C25H25Cl2NO4S. The average Bonchev–Trinajstić information content (AvgIpc) is 3.07. The second-order valence-electron chi connectivity index (χ2n) is 8.23. The van der Waals surface area contributed by atoms with Crippen molar-refractivity contribution in [3.05, 3.63) is 62.5 Å². The minimum Gasteiger partial charge on any atom is -0.493 e. The van der Waals surface area contributed by atoms with Crippen LogP contribution in [0.15, 0.2) is 41.3 Å². The van der Waals surface area contributed by atoms with E-state index in [1.54, 1.807) is 37.5 Å². The standard InChI is InChI=1S/C25H25Cl2NO4S/c1-31-22-11-17(7-10-21(22)32-15-18-8-9-19(26)13-20(18)27)12-23-24(29)28(25(30)33-23)14-16-5-3-2-4-6-16/h7-13,16H,2-6,14-15H2,1H3/b23-12+. The van der Waals surface area contributed by atoms with Crippen molar-refractivity contribution in [2.45, 2.75) is 38.7 Å². The van der Waals surface area contributed by atoms with E-state index in [-0.39, 0.29) is 17.8 Å². The number of benzene rings is 2. The Morgan fingerprint density at radius 1 is 1.06 bits per heavy atom. The SMILES string of the molecule is COc1cc(/C=C2/SC(=O)N(CC3CCCCC3)C2=O)ccc1OCc1ccc(Cl)cc1Cl. The van der Waals surface area contributed by atoms with Crippen LogP contribution in [-0.4, -0.2) is 29.7 Å². The van der Waals surface area contributed by atoms with Crippen molar-refractivity contribution in [2.24, 2.45) is 5.92 Å². The summed E-state index contributed by atoms with van der Waals surface area (Å²) in [5, 5.41) is 0.902. The van der Waals surface area contributed by atoms with Gasteiger partial charge in [0, 0.05) is 22.2 Å². The summed E-state index contributed by atoms with van der Waals surface area (Å²) in [6, 6.07) is 10.6. The van der Waals surface area contributed by atoms with Gasteiger partial charge in [0.1, 0.15) is 6.61 Å². The molecule has 2 aromatic carbocycles.